The van der Waals surface area contributed by atoms with E-state index in [1.807, 2.05) is 6.92 Å². The van der Waals surface area contributed by atoms with Gasteiger partial charge in [0.2, 0.25) is 0 Å². The van der Waals surface area contributed by atoms with Crippen molar-refractivity contribution in [3.63, 3.8) is 0 Å². The van der Waals surface area contributed by atoms with Crippen LogP contribution in [0.4, 0.5) is 0 Å². The van der Waals surface area contributed by atoms with Gasteiger partial charge >= 0.3 is 5.97 Å². The van der Waals surface area contributed by atoms with Gasteiger partial charge in [0.25, 0.3) is 0 Å². The van der Waals surface area contributed by atoms with E-state index in [9.17, 15) is 4.79 Å². The highest BCUT2D eigenvalue weighted by Crippen LogP contribution is 2.28. The van der Waals surface area contributed by atoms with Crippen LogP contribution in [0.1, 0.15) is 22.8 Å². The number of pyridine rings is 1. The van der Waals surface area contributed by atoms with E-state index in [1.54, 1.807) is 49.9 Å². The lowest BCUT2D eigenvalue weighted by Gasteiger charge is -2.13. The van der Waals surface area contributed by atoms with Crippen molar-refractivity contribution in [3.05, 3.63) is 53.9 Å². The number of hydrazone groups is 1. The lowest BCUT2D eigenvalue weighted by atomic mass is 10.2. The molecule has 2 aromatic rings. The molecule has 9 heteroatoms. The van der Waals surface area contributed by atoms with Crippen LogP contribution >= 0.6 is 12.2 Å². The molecule has 0 saturated carbocycles. The van der Waals surface area contributed by atoms with Gasteiger partial charge in [-0.25, -0.2) is 4.79 Å². The van der Waals surface area contributed by atoms with Gasteiger partial charge in [0.1, 0.15) is 0 Å². The molecule has 1 aromatic heterocycles. The number of nitrogens with zero attached hydrogens (tertiary/aromatic N) is 2. The Morgan fingerprint density at radius 3 is 2.82 bits per heavy atom. The third-order valence-electron chi connectivity index (χ3n) is 3.46. The summed E-state index contributed by atoms with van der Waals surface area (Å²) in [7, 11) is 3.12. The lowest BCUT2D eigenvalue weighted by molar-refractivity contribution is 0.0729. The van der Waals surface area contributed by atoms with E-state index in [1.165, 1.54) is 13.3 Å². The standard InChI is InChI=1S/C19H22N4O4S/c1-13(12-25-2)22-19(28)23-21-10-14-6-7-16(17(9-14)26-3)27-18(24)15-5-4-8-20-11-15/h4-11,13H,12H2,1-3H3,(H2,22,23,28)/b21-10-/t13-/m1/s1. The summed E-state index contributed by atoms with van der Waals surface area (Å²) in [5, 5.41) is 7.49. The summed E-state index contributed by atoms with van der Waals surface area (Å²) in [5.74, 6) is 0.179. The summed E-state index contributed by atoms with van der Waals surface area (Å²) < 4.78 is 15.7. The fourth-order valence-electron chi connectivity index (χ4n) is 2.20. The quantitative estimate of drug-likeness (QED) is 0.228. The third-order valence-corrected chi connectivity index (χ3v) is 3.67. The summed E-state index contributed by atoms with van der Waals surface area (Å²) in [4.78, 5) is 16.1. The van der Waals surface area contributed by atoms with Gasteiger partial charge in [-0.2, -0.15) is 5.10 Å². The Morgan fingerprint density at radius 2 is 2.14 bits per heavy atom. The molecule has 0 aliphatic heterocycles. The highest BCUT2D eigenvalue weighted by Gasteiger charge is 2.12. The number of aromatic nitrogens is 1. The number of carbonyl (C=O) groups excluding carboxylic acids is 1. The van der Waals surface area contributed by atoms with Crippen LogP contribution in [0.3, 0.4) is 0 Å². The van der Waals surface area contributed by atoms with Crippen LogP contribution in [-0.4, -0.2) is 49.1 Å². The van der Waals surface area contributed by atoms with Crippen LogP contribution in [0.15, 0.2) is 47.8 Å². The molecule has 0 aliphatic carbocycles. The smallest absolute Gasteiger partial charge is 0.345 e. The number of rotatable bonds is 8. The topological polar surface area (TPSA) is 94.1 Å². The number of benzene rings is 1. The predicted octanol–water partition coefficient (Wildman–Crippen LogP) is 2.14. The molecule has 8 nitrogen and oxygen atoms in total. The zero-order valence-electron chi connectivity index (χ0n) is 15.8. The first-order valence-corrected chi connectivity index (χ1v) is 8.83. The molecule has 1 atom stereocenters. The number of hydrogen-bond acceptors (Lipinski definition) is 7. The van der Waals surface area contributed by atoms with Crippen LogP contribution in [0.5, 0.6) is 11.5 Å². The summed E-state index contributed by atoms with van der Waals surface area (Å²) in [6.45, 7) is 2.47. The largest absolute Gasteiger partial charge is 0.493 e. The molecule has 0 unspecified atom stereocenters. The molecule has 0 fully saturated rings. The Kier molecular flexibility index (Phi) is 8.32. The zero-order valence-corrected chi connectivity index (χ0v) is 16.7. The third kappa shape index (κ3) is 6.60. The molecule has 0 bridgehead atoms. The summed E-state index contributed by atoms with van der Waals surface area (Å²) in [6, 6.07) is 8.42. The summed E-state index contributed by atoms with van der Waals surface area (Å²) in [6.07, 6.45) is 4.59. The number of carbonyl (C=O) groups is 1. The minimum Gasteiger partial charge on any atom is -0.493 e. The van der Waals surface area contributed by atoms with Crippen molar-refractivity contribution in [1.82, 2.24) is 15.7 Å². The average Bonchev–Trinajstić information content (AvgIpc) is 2.69. The molecule has 28 heavy (non-hydrogen) atoms. The van der Waals surface area contributed by atoms with Crippen LogP contribution in [0, 0.1) is 0 Å². The van der Waals surface area contributed by atoms with Crippen molar-refractivity contribution in [2.24, 2.45) is 5.10 Å². The molecule has 1 aromatic carbocycles. The molecule has 0 spiro atoms. The first-order chi connectivity index (χ1) is 13.5. The number of hydrogen-bond donors (Lipinski definition) is 2. The van der Waals surface area contributed by atoms with Gasteiger partial charge in [-0.15, -0.1) is 0 Å². The van der Waals surface area contributed by atoms with Gasteiger partial charge in [0.05, 0.1) is 25.5 Å². The number of methoxy groups -OCH3 is 2. The van der Waals surface area contributed by atoms with Crippen molar-refractivity contribution < 1.29 is 19.0 Å². The Bertz CT molecular complexity index is 830. The van der Waals surface area contributed by atoms with Crippen LogP contribution < -0.4 is 20.2 Å². The van der Waals surface area contributed by atoms with Gasteiger partial charge in [0, 0.05) is 25.5 Å². The van der Waals surface area contributed by atoms with E-state index >= 15 is 0 Å². The second-order valence-electron chi connectivity index (χ2n) is 5.74. The molecular formula is C19H22N4O4S. The average molecular weight is 402 g/mol. The second-order valence-corrected chi connectivity index (χ2v) is 6.15. The molecule has 148 valence electrons. The maximum absolute atomic E-state index is 12.2. The van der Waals surface area contributed by atoms with Gasteiger partial charge in [-0.1, -0.05) is 0 Å². The lowest BCUT2D eigenvalue weighted by Crippen LogP contribution is -2.40. The molecular weight excluding hydrogens is 380 g/mol. The van der Waals surface area contributed by atoms with E-state index < -0.39 is 5.97 Å². The van der Waals surface area contributed by atoms with E-state index in [4.69, 9.17) is 26.4 Å². The van der Waals surface area contributed by atoms with Crippen LogP contribution in [-0.2, 0) is 4.74 Å². The van der Waals surface area contributed by atoms with Gasteiger partial charge in [0.15, 0.2) is 16.6 Å². The Morgan fingerprint density at radius 1 is 1.32 bits per heavy atom. The van der Waals surface area contributed by atoms with E-state index in [-0.39, 0.29) is 6.04 Å². The van der Waals surface area contributed by atoms with Gasteiger partial charge in [-0.05, 0) is 55.0 Å². The number of esters is 1. The maximum Gasteiger partial charge on any atom is 0.345 e. The molecule has 0 amide bonds. The molecule has 2 N–H and O–H groups in total. The number of thiocarbonyl (C=S) groups is 1. The predicted molar refractivity (Wildman–Crippen MR) is 110 cm³/mol. The highest BCUT2D eigenvalue weighted by molar-refractivity contribution is 7.80. The summed E-state index contributed by atoms with van der Waals surface area (Å²) >= 11 is 5.14. The minimum absolute atomic E-state index is 0.0640. The first kappa shape index (κ1) is 21.3. The molecule has 0 saturated heterocycles. The highest BCUT2D eigenvalue weighted by atomic mass is 32.1. The molecule has 1 heterocycles. The summed E-state index contributed by atoms with van der Waals surface area (Å²) in [5.41, 5.74) is 3.81. The first-order valence-electron chi connectivity index (χ1n) is 8.42. The Balaban J connectivity index is 1.98. The fourth-order valence-corrected chi connectivity index (χ4v) is 2.46. The van der Waals surface area contributed by atoms with Crippen LogP contribution in [0.25, 0.3) is 0 Å². The number of ether oxygens (including phenoxy) is 3. The Labute approximate surface area is 168 Å². The molecule has 0 aliphatic rings. The van der Waals surface area contributed by atoms with Crippen LogP contribution in [0.2, 0.25) is 0 Å². The van der Waals surface area contributed by atoms with Crippen molar-refractivity contribution in [1.29, 1.82) is 0 Å². The van der Waals surface area contributed by atoms with Crippen molar-refractivity contribution in [3.8, 4) is 11.5 Å². The van der Waals surface area contributed by atoms with Crippen molar-refractivity contribution in [2.45, 2.75) is 13.0 Å². The van der Waals surface area contributed by atoms with Gasteiger partial charge < -0.3 is 19.5 Å². The number of nitrogens with one attached hydrogen (secondary N) is 2. The van der Waals surface area contributed by atoms with Crippen molar-refractivity contribution in [2.75, 3.05) is 20.8 Å². The fraction of sp³-hybridized carbons (Fsp3) is 0.263. The Hall–Kier alpha value is -3.04. The van der Waals surface area contributed by atoms with E-state index in [2.05, 4.69) is 20.8 Å². The minimum atomic E-state index is -0.518. The van der Waals surface area contributed by atoms with E-state index in [0.717, 1.165) is 5.56 Å². The molecule has 0 radical (unpaired) electrons. The van der Waals surface area contributed by atoms with Gasteiger partial charge in [-0.3, -0.25) is 10.4 Å². The zero-order chi connectivity index (χ0) is 20.4. The maximum atomic E-state index is 12.2. The monoisotopic (exact) mass is 402 g/mol. The molecule has 2 rings (SSSR count). The van der Waals surface area contributed by atoms with E-state index in [0.29, 0.717) is 28.8 Å². The second kappa shape index (κ2) is 11.0. The SMILES string of the molecule is COC[C@@H](C)NC(=S)N/N=C\c1ccc(OC(=O)c2cccnc2)c(OC)c1. The van der Waals surface area contributed by atoms with Crippen molar-refractivity contribution >= 4 is 29.5 Å². The normalized spacial score (nSPS) is 11.7.